The molecule has 0 aliphatic heterocycles. The van der Waals surface area contributed by atoms with Crippen molar-refractivity contribution in [1.82, 2.24) is 4.57 Å². The highest BCUT2D eigenvalue weighted by Crippen LogP contribution is 2.17. The fourth-order valence-electron chi connectivity index (χ4n) is 1.50. The van der Waals surface area contributed by atoms with Crippen molar-refractivity contribution in [2.75, 3.05) is 0 Å². The Kier molecular flexibility index (Phi) is 3.01. The van der Waals surface area contributed by atoms with E-state index in [9.17, 15) is 22.8 Å². The van der Waals surface area contributed by atoms with Crippen molar-refractivity contribution in [3.63, 3.8) is 0 Å². The normalized spacial score (nSPS) is 10.4. The Labute approximate surface area is 99.5 Å². The van der Waals surface area contributed by atoms with Gasteiger partial charge in [0, 0.05) is 6.20 Å². The molecule has 0 unspecified atom stereocenters. The number of hydrogen-bond acceptors (Lipinski definition) is 2. The lowest BCUT2D eigenvalue weighted by Gasteiger charge is -2.06. The van der Waals surface area contributed by atoms with Gasteiger partial charge < -0.3 is 0 Å². The molecule has 0 fully saturated rings. The van der Waals surface area contributed by atoms with Crippen LogP contribution in [0.2, 0.25) is 0 Å². The van der Waals surface area contributed by atoms with E-state index in [0.29, 0.717) is 12.4 Å². The maximum Gasteiger partial charge on any atom is 0.265 e. The van der Waals surface area contributed by atoms with Crippen molar-refractivity contribution >= 4 is 12.2 Å². The van der Waals surface area contributed by atoms with Crippen LogP contribution in [0.15, 0.2) is 30.5 Å². The van der Waals surface area contributed by atoms with E-state index in [4.69, 9.17) is 0 Å². The molecule has 1 aromatic carbocycles. The van der Waals surface area contributed by atoms with E-state index < -0.39 is 28.9 Å². The largest absolute Gasteiger partial charge is 0.296 e. The highest BCUT2D eigenvalue weighted by atomic mass is 19.2. The van der Waals surface area contributed by atoms with Crippen molar-refractivity contribution in [1.29, 1.82) is 0 Å². The second-order valence-electron chi connectivity index (χ2n) is 3.45. The molecule has 92 valence electrons. The van der Waals surface area contributed by atoms with E-state index in [0.717, 1.165) is 10.6 Å². The molecule has 2 rings (SSSR count). The Balaban J connectivity index is 2.53. The smallest absolute Gasteiger partial charge is 0.265 e. The molecule has 18 heavy (non-hydrogen) atoms. The SMILES string of the molecule is O=Cc1cccn1C(=O)c1ccc(F)c(F)c1F. The molecule has 3 nitrogen and oxygen atoms in total. The lowest BCUT2D eigenvalue weighted by atomic mass is 10.2. The third-order valence-electron chi connectivity index (χ3n) is 2.39. The third-order valence-corrected chi connectivity index (χ3v) is 2.39. The first-order chi connectivity index (χ1) is 8.56. The van der Waals surface area contributed by atoms with E-state index in [1.165, 1.54) is 18.3 Å². The zero-order valence-corrected chi connectivity index (χ0v) is 8.86. The minimum atomic E-state index is -1.72. The van der Waals surface area contributed by atoms with Gasteiger partial charge in [0.25, 0.3) is 5.91 Å². The predicted molar refractivity (Wildman–Crippen MR) is 55.9 cm³/mol. The second-order valence-corrected chi connectivity index (χ2v) is 3.45. The van der Waals surface area contributed by atoms with Crippen LogP contribution in [-0.4, -0.2) is 16.8 Å². The molecule has 0 aliphatic rings. The fraction of sp³-hybridized carbons (Fsp3) is 0. The first kappa shape index (κ1) is 12.1. The van der Waals surface area contributed by atoms with E-state index >= 15 is 0 Å². The summed E-state index contributed by atoms with van der Waals surface area (Å²) in [4.78, 5) is 22.5. The van der Waals surface area contributed by atoms with Crippen molar-refractivity contribution in [2.45, 2.75) is 0 Å². The monoisotopic (exact) mass is 253 g/mol. The number of benzene rings is 1. The summed E-state index contributed by atoms with van der Waals surface area (Å²) < 4.78 is 40.0. The van der Waals surface area contributed by atoms with Crippen molar-refractivity contribution in [2.24, 2.45) is 0 Å². The number of halogens is 3. The quantitative estimate of drug-likeness (QED) is 0.609. The molecule has 1 aromatic heterocycles. The van der Waals surface area contributed by atoms with Crippen LogP contribution < -0.4 is 0 Å². The Morgan fingerprint density at radius 2 is 1.83 bits per heavy atom. The van der Waals surface area contributed by atoms with Crippen LogP contribution in [0.4, 0.5) is 13.2 Å². The van der Waals surface area contributed by atoms with Crippen LogP contribution >= 0.6 is 0 Å². The highest BCUT2D eigenvalue weighted by Gasteiger charge is 2.20. The van der Waals surface area contributed by atoms with Crippen molar-refractivity contribution < 1.29 is 22.8 Å². The lowest BCUT2D eigenvalue weighted by molar-refractivity contribution is 0.0942. The van der Waals surface area contributed by atoms with Crippen LogP contribution in [0, 0.1) is 17.5 Å². The van der Waals surface area contributed by atoms with E-state index in [-0.39, 0.29) is 5.69 Å². The Bertz CT molecular complexity index is 634. The molecular formula is C12H6F3NO2. The van der Waals surface area contributed by atoms with E-state index in [1.807, 2.05) is 0 Å². The standard InChI is InChI=1S/C12H6F3NO2/c13-9-4-3-8(10(14)11(9)15)12(18)16-5-1-2-7(16)6-17/h1-6H. The lowest BCUT2D eigenvalue weighted by Crippen LogP contribution is -2.16. The van der Waals surface area contributed by atoms with Crippen LogP contribution in [0.1, 0.15) is 20.8 Å². The summed E-state index contributed by atoms with van der Waals surface area (Å²) in [6.07, 6.45) is 1.63. The van der Waals surface area contributed by atoms with Gasteiger partial charge in [0.2, 0.25) is 0 Å². The van der Waals surface area contributed by atoms with Gasteiger partial charge in [-0.05, 0) is 24.3 Å². The highest BCUT2D eigenvalue weighted by molar-refractivity contribution is 5.99. The number of rotatable bonds is 2. The Hall–Kier alpha value is -2.37. The predicted octanol–water partition coefficient (Wildman–Crippen LogP) is 2.41. The number of nitrogens with zero attached hydrogens (tertiary/aromatic N) is 1. The van der Waals surface area contributed by atoms with E-state index in [2.05, 4.69) is 0 Å². The molecule has 6 heteroatoms. The number of hydrogen-bond donors (Lipinski definition) is 0. The maximum atomic E-state index is 13.4. The topological polar surface area (TPSA) is 39.1 Å². The molecular weight excluding hydrogens is 247 g/mol. The molecule has 0 radical (unpaired) electrons. The fourth-order valence-corrected chi connectivity index (χ4v) is 1.50. The van der Waals surface area contributed by atoms with Crippen LogP contribution in [0.25, 0.3) is 0 Å². The molecule has 0 saturated carbocycles. The van der Waals surface area contributed by atoms with Gasteiger partial charge in [-0.2, -0.15) is 0 Å². The molecule has 0 bridgehead atoms. The van der Waals surface area contributed by atoms with Crippen LogP contribution in [0.5, 0.6) is 0 Å². The summed E-state index contributed by atoms with van der Waals surface area (Å²) in [5, 5.41) is 0. The minimum absolute atomic E-state index is 0.0101. The Morgan fingerprint density at radius 1 is 1.11 bits per heavy atom. The summed E-state index contributed by atoms with van der Waals surface area (Å²) in [6.45, 7) is 0. The second kappa shape index (κ2) is 4.48. The Morgan fingerprint density at radius 3 is 2.50 bits per heavy atom. The van der Waals surface area contributed by atoms with Crippen LogP contribution in [-0.2, 0) is 0 Å². The zero-order valence-electron chi connectivity index (χ0n) is 8.86. The maximum absolute atomic E-state index is 13.4. The molecule has 0 atom stereocenters. The van der Waals surface area contributed by atoms with Gasteiger partial charge in [0.05, 0.1) is 11.3 Å². The average Bonchev–Trinajstić information content (AvgIpc) is 2.83. The van der Waals surface area contributed by atoms with Gasteiger partial charge in [-0.15, -0.1) is 0 Å². The molecule has 2 aromatic rings. The first-order valence-corrected chi connectivity index (χ1v) is 4.87. The summed E-state index contributed by atoms with van der Waals surface area (Å²) in [5.74, 6) is -5.63. The van der Waals surface area contributed by atoms with Gasteiger partial charge in [-0.1, -0.05) is 0 Å². The molecule has 0 saturated heterocycles. The summed E-state index contributed by atoms with van der Waals surface area (Å²) >= 11 is 0. The van der Waals surface area contributed by atoms with Gasteiger partial charge in [0.1, 0.15) is 0 Å². The third kappa shape index (κ3) is 1.81. The van der Waals surface area contributed by atoms with Gasteiger partial charge in [-0.3, -0.25) is 14.2 Å². The first-order valence-electron chi connectivity index (χ1n) is 4.87. The van der Waals surface area contributed by atoms with E-state index in [1.54, 1.807) is 0 Å². The number of aldehydes is 1. The molecule has 0 spiro atoms. The molecule has 0 amide bonds. The average molecular weight is 253 g/mol. The van der Waals surface area contributed by atoms with Crippen molar-refractivity contribution in [3.05, 3.63) is 59.2 Å². The zero-order chi connectivity index (χ0) is 13.3. The summed E-state index contributed by atoms with van der Waals surface area (Å²) in [6, 6.07) is 4.21. The molecule has 0 aliphatic carbocycles. The molecule has 0 N–H and O–H groups in total. The minimum Gasteiger partial charge on any atom is -0.296 e. The summed E-state index contributed by atoms with van der Waals surface area (Å²) in [7, 11) is 0. The van der Waals surface area contributed by atoms with Crippen molar-refractivity contribution in [3.8, 4) is 0 Å². The van der Waals surface area contributed by atoms with Gasteiger partial charge >= 0.3 is 0 Å². The number of carbonyl (C=O) groups excluding carboxylic acids is 2. The number of aromatic nitrogens is 1. The molecule has 1 heterocycles. The van der Waals surface area contributed by atoms with Crippen LogP contribution in [0.3, 0.4) is 0 Å². The van der Waals surface area contributed by atoms with Gasteiger partial charge in [-0.25, -0.2) is 13.2 Å². The number of carbonyl (C=O) groups is 2. The van der Waals surface area contributed by atoms with Gasteiger partial charge in [0.15, 0.2) is 23.7 Å². The summed E-state index contributed by atoms with van der Waals surface area (Å²) in [5.41, 5.74) is -0.655.